The van der Waals surface area contributed by atoms with E-state index in [4.69, 9.17) is 9.47 Å². The minimum Gasteiger partial charge on any atom is -0.353 e. The third kappa shape index (κ3) is 2.39. The molecule has 0 aromatic rings. The fourth-order valence-electron chi connectivity index (χ4n) is 4.27. The summed E-state index contributed by atoms with van der Waals surface area (Å²) in [7, 11) is 3.68. The van der Waals surface area contributed by atoms with Crippen LogP contribution in [0, 0.1) is 17.8 Å². The van der Waals surface area contributed by atoms with Gasteiger partial charge in [-0.25, -0.2) is 0 Å². The van der Waals surface area contributed by atoms with Gasteiger partial charge in [0, 0.05) is 26.1 Å². The Morgan fingerprint density at radius 2 is 1.35 bits per heavy atom. The SMILES string of the molecule is COC(OC)(C1CCCC1)C(C)C1CCCC1. The van der Waals surface area contributed by atoms with E-state index in [1.807, 2.05) is 14.2 Å². The largest absolute Gasteiger partial charge is 0.353 e. The quantitative estimate of drug-likeness (QED) is 0.676. The van der Waals surface area contributed by atoms with Crippen molar-refractivity contribution in [2.75, 3.05) is 14.2 Å². The molecule has 2 aliphatic rings. The van der Waals surface area contributed by atoms with Crippen LogP contribution >= 0.6 is 0 Å². The Balaban J connectivity index is 2.13. The van der Waals surface area contributed by atoms with Crippen molar-refractivity contribution in [1.29, 1.82) is 0 Å². The highest BCUT2D eigenvalue weighted by atomic mass is 16.7. The van der Waals surface area contributed by atoms with Crippen molar-refractivity contribution in [3.05, 3.63) is 0 Å². The maximum atomic E-state index is 5.92. The average Bonchev–Trinajstić information content (AvgIpc) is 3.04. The monoisotopic (exact) mass is 240 g/mol. The van der Waals surface area contributed by atoms with E-state index in [0.29, 0.717) is 11.8 Å². The highest BCUT2D eigenvalue weighted by Gasteiger charge is 2.48. The van der Waals surface area contributed by atoms with Crippen molar-refractivity contribution in [3.63, 3.8) is 0 Å². The van der Waals surface area contributed by atoms with Crippen molar-refractivity contribution in [2.45, 2.75) is 64.1 Å². The Morgan fingerprint density at radius 1 is 0.882 bits per heavy atom. The summed E-state index contributed by atoms with van der Waals surface area (Å²) in [6, 6.07) is 0. The summed E-state index contributed by atoms with van der Waals surface area (Å²) in [4.78, 5) is 0. The molecule has 17 heavy (non-hydrogen) atoms. The molecule has 0 N–H and O–H groups in total. The first kappa shape index (κ1) is 13.4. The van der Waals surface area contributed by atoms with Gasteiger partial charge in [0.25, 0.3) is 0 Å². The normalized spacial score (nSPS) is 25.6. The second-order valence-corrected chi connectivity index (χ2v) is 5.94. The Bertz CT molecular complexity index is 223. The molecule has 0 heterocycles. The van der Waals surface area contributed by atoms with Gasteiger partial charge in [0.05, 0.1) is 0 Å². The molecule has 0 aromatic heterocycles. The highest BCUT2D eigenvalue weighted by molar-refractivity contribution is 4.91. The maximum absolute atomic E-state index is 5.92. The van der Waals surface area contributed by atoms with Crippen molar-refractivity contribution in [1.82, 2.24) is 0 Å². The van der Waals surface area contributed by atoms with Gasteiger partial charge in [-0.05, 0) is 31.6 Å². The zero-order valence-electron chi connectivity index (χ0n) is 11.7. The lowest BCUT2D eigenvalue weighted by Crippen LogP contribution is -2.49. The maximum Gasteiger partial charge on any atom is 0.173 e. The van der Waals surface area contributed by atoms with E-state index in [1.165, 1.54) is 51.4 Å². The molecule has 0 aromatic carbocycles. The van der Waals surface area contributed by atoms with Crippen LogP contribution in [0.4, 0.5) is 0 Å². The van der Waals surface area contributed by atoms with Crippen LogP contribution in [0.2, 0.25) is 0 Å². The number of hydrogen-bond acceptors (Lipinski definition) is 2. The summed E-state index contributed by atoms with van der Waals surface area (Å²) in [6.07, 6.45) is 10.8. The summed E-state index contributed by atoms with van der Waals surface area (Å²) < 4.78 is 11.8. The molecule has 0 radical (unpaired) electrons. The predicted octanol–water partition coefficient (Wildman–Crippen LogP) is 3.99. The summed E-state index contributed by atoms with van der Waals surface area (Å²) in [5.74, 6) is 1.62. The summed E-state index contributed by atoms with van der Waals surface area (Å²) in [5.41, 5.74) is 0. The molecule has 2 rings (SSSR count). The first-order valence-corrected chi connectivity index (χ1v) is 7.35. The molecule has 2 aliphatic carbocycles. The molecule has 2 fully saturated rings. The molecule has 0 saturated heterocycles. The third-order valence-electron chi connectivity index (χ3n) is 5.30. The summed E-state index contributed by atoms with van der Waals surface area (Å²) in [5, 5.41) is 0. The lowest BCUT2D eigenvalue weighted by Gasteiger charge is -2.43. The van der Waals surface area contributed by atoms with Gasteiger partial charge in [0.15, 0.2) is 5.79 Å². The molecule has 2 saturated carbocycles. The Hall–Kier alpha value is -0.0800. The summed E-state index contributed by atoms with van der Waals surface area (Å²) >= 11 is 0. The lowest BCUT2D eigenvalue weighted by molar-refractivity contribution is -0.276. The zero-order valence-corrected chi connectivity index (χ0v) is 11.7. The minimum atomic E-state index is -0.314. The molecule has 0 spiro atoms. The molecule has 2 nitrogen and oxygen atoms in total. The van der Waals surface area contributed by atoms with Crippen LogP contribution in [0.15, 0.2) is 0 Å². The molecule has 0 aliphatic heterocycles. The van der Waals surface area contributed by atoms with Gasteiger partial charge >= 0.3 is 0 Å². The van der Waals surface area contributed by atoms with Gasteiger partial charge in [0.1, 0.15) is 0 Å². The molecule has 2 heteroatoms. The van der Waals surface area contributed by atoms with Crippen LogP contribution in [0.1, 0.15) is 58.3 Å². The van der Waals surface area contributed by atoms with Crippen molar-refractivity contribution in [2.24, 2.45) is 17.8 Å². The average molecular weight is 240 g/mol. The standard InChI is InChI=1S/C15H28O2/c1-12(13-8-4-5-9-13)15(16-2,17-3)14-10-6-7-11-14/h12-14H,4-11H2,1-3H3. The Morgan fingerprint density at radius 3 is 1.82 bits per heavy atom. The zero-order chi connectivity index (χ0) is 12.3. The van der Waals surface area contributed by atoms with Crippen LogP contribution in [-0.4, -0.2) is 20.0 Å². The lowest BCUT2D eigenvalue weighted by atomic mass is 9.78. The van der Waals surface area contributed by atoms with Crippen molar-refractivity contribution < 1.29 is 9.47 Å². The van der Waals surface area contributed by atoms with Gasteiger partial charge in [-0.15, -0.1) is 0 Å². The van der Waals surface area contributed by atoms with E-state index in [-0.39, 0.29) is 5.79 Å². The number of hydrogen-bond donors (Lipinski definition) is 0. The van der Waals surface area contributed by atoms with Crippen LogP contribution < -0.4 is 0 Å². The molecular formula is C15H28O2. The van der Waals surface area contributed by atoms with E-state index >= 15 is 0 Å². The third-order valence-corrected chi connectivity index (χ3v) is 5.30. The van der Waals surface area contributed by atoms with Crippen LogP contribution in [0.3, 0.4) is 0 Å². The van der Waals surface area contributed by atoms with E-state index in [1.54, 1.807) is 0 Å². The molecule has 0 amide bonds. The van der Waals surface area contributed by atoms with E-state index in [2.05, 4.69) is 6.92 Å². The molecule has 0 bridgehead atoms. The highest BCUT2D eigenvalue weighted by Crippen LogP contribution is 2.46. The van der Waals surface area contributed by atoms with Gasteiger partial charge in [0.2, 0.25) is 0 Å². The topological polar surface area (TPSA) is 18.5 Å². The predicted molar refractivity (Wildman–Crippen MR) is 69.8 cm³/mol. The van der Waals surface area contributed by atoms with Gasteiger partial charge in [-0.3, -0.25) is 0 Å². The van der Waals surface area contributed by atoms with Gasteiger partial charge in [-0.1, -0.05) is 32.6 Å². The second kappa shape index (κ2) is 5.71. The Labute approximate surface area is 106 Å². The number of rotatable bonds is 5. The smallest absolute Gasteiger partial charge is 0.173 e. The first-order valence-electron chi connectivity index (χ1n) is 7.35. The second-order valence-electron chi connectivity index (χ2n) is 5.94. The van der Waals surface area contributed by atoms with Gasteiger partial charge < -0.3 is 9.47 Å². The number of ether oxygens (including phenoxy) is 2. The van der Waals surface area contributed by atoms with E-state index in [0.717, 1.165) is 5.92 Å². The van der Waals surface area contributed by atoms with Crippen LogP contribution in [-0.2, 0) is 9.47 Å². The number of methoxy groups -OCH3 is 2. The van der Waals surface area contributed by atoms with Gasteiger partial charge in [-0.2, -0.15) is 0 Å². The fraction of sp³-hybridized carbons (Fsp3) is 1.00. The van der Waals surface area contributed by atoms with E-state index in [9.17, 15) is 0 Å². The summed E-state index contributed by atoms with van der Waals surface area (Å²) in [6.45, 7) is 2.35. The molecule has 1 unspecified atom stereocenters. The van der Waals surface area contributed by atoms with Crippen molar-refractivity contribution in [3.8, 4) is 0 Å². The first-order chi connectivity index (χ1) is 8.24. The molecular weight excluding hydrogens is 212 g/mol. The van der Waals surface area contributed by atoms with E-state index < -0.39 is 0 Å². The fourth-order valence-corrected chi connectivity index (χ4v) is 4.27. The molecule has 100 valence electrons. The van der Waals surface area contributed by atoms with Crippen LogP contribution in [0.25, 0.3) is 0 Å². The minimum absolute atomic E-state index is 0.314. The van der Waals surface area contributed by atoms with Crippen molar-refractivity contribution >= 4 is 0 Å². The molecule has 1 atom stereocenters. The van der Waals surface area contributed by atoms with Crippen LogP contribution in [0.5, 0.6) is 0 Å². The Kier molecular flexibility index (Phi) is 4.48.